The van der Waals surface area contributed by atoms with Crippen LogP contribution in [-0.2, 0) is 6.54 Å². The molecule has 5 nitrogen and oxygen atoms in total. The summed E-state index contributed by atoms with van der Waals surface area (Å²) in [7, 11) is 0. The number of nitrogens with two attached hydrogens (primary N) is 1. The van der Waals surface area contributed by atoms with Crippen LogP contribution in [0.1, 0.15) is 24.9 Å². The van der Waals surface area contributed by atoms with Crippen LogP contribution in [-0.4, -0.2) is 16.9 Å². The van der Waals surface area contributed by atoms with Gasteiger partial charge in [0, 0.05) is 32.6 Å². The standard InChI is InChI=1S/C21H16N2O3S2/c22-20(25)19-10-14-13(5-3-7-16(14)28-19)17-8-9-18(27-17)21(26)23-11-12-4-1-2-6-15(12)24/h1-10,24H,11H2,(H2,22,25)(H,23,26). The highest BCUT2D eigenvalue weighted by Gasteiger charge is 2.15. The Morgan fingerprint density at radius 1 is 0.964 bits per heavy atom. The Hall–Kier alpha value is -3.16. The van der Waals surface area contributed by atoms with Crippen LogP contribution in [0.4, 0.5) is 0 Å². The summed E-state index contributed by atoms with van der Waals surface area (Å²) in [5.41, 5.74) is 7.03. The molecule has 4 rings (SSSR count). The molecule has 0 unspecified atom stereocenters. The third kappa shape index (κ3) is 3.49. The number of thiophene rings is 2. The van der Waals surface area contributed by atoms with Crippen molar-refractivity contribution in [1.82, 2.24) is 5.32 Å². The molecule has 7 heteroatoms. The molecule has 2 amide bonds. The first-order chi connectivity index (χ1) is 13.5. The summed E-state index contributed by atoms with van der Waals surface area (Å²) in [5, 5.41) is 13.6. The average Bonchev–Trinajstić information content (AvgIpc) is 3.34. The van der Waals surface area contributed by atoms with Gasteiger partial charge in [-0.15, -0.1) is 22.7 Å². The van der Waals surface area contributed by atoms with E-state index in [4.69, 9.17) is 5.73 Å². The lowest BCUT2D eigenvalue weighted by atomic mass is 10.1. The zero-order valence-electron chi connectivity index (χ0n) is 14.6. The monoisotopic (exact) mass is 408 g/mol. The van der Waals surface area contributed by atoms with E-state index in [0.717, 1.165) is 20.5 Å². The van der Waals surface area contributed by atoms with E-state index < -0.39 is 5.91 Å². The summed E-state index contributed by atoms with van der Waals surface area (Å²) < 4.78 is 0.977. The lowest BCUT2D eigenvalue weighted by Gasteiger charge is -2.05. The number of phenolic OH excluding ortho intramolecular Hbond substituents is 1. The Bertz CT molecular complexity index is 1190. The van der Waals surface area contributed by atoms with Gasteiger partial charge in [-0.2, -0.15) is 0 Å². The summed E-state index contributed by atoms with van der Waals surface area (Å²) in [6.45, 7) is 0.251. The molecular formula is C21H16N2O3S2. The van der Waals surface area contributed by atoms with E-state index in [1.165, 1.54) is 22.7 Å². The normalized spacial score (nSPS) is 10.9. The Balaban J connectivity index is 1.57. The van der Waals surface area contributed by atoms with Crippen LogP contribution < -0.4 is 11.1 Å². The molecule has 0 fully saturated rings. The highest BCUT2D eigenvalue weighted by molar-refractivity contribution is 7.21. The smallest absolute Gasteiger partial charge is 0.261 e. The second kappa shape index (κ2) is 7.46. The zero-order valence-corrected chi connectivity index (χ0v) is 16.3. The Morgan fingerprint density at radius 3 is 2.57 bits per heavy atom. The van der Waals surface area contributed by atoms with E-state index in [1.54, 1.807) is 30.3 Å². The molecule has 4 N–H and O–H groups in total. The second-order valence-corrected chi connectivity index (χ2v) is 8.34. The van der Waals surface area contributed by atoms with E-state index in [-0.39, 0.29) is 18.2 Å². The minimum atomic E-state index is -0.442. The molecule has 0 aliphatic carbocycles. The van der Waals surface area contributed by atoms with Crippen LogP contribution in [0.3, 0.4) is 0 Å². The molecule has 140 valence electrons. The van der Waals surface area contributed by atoms with Gasteiger partial charge in [0.25, 0.3) is 11.8 Å². The number of hydrogen-bond donors (Lipinski definition) is 3. The molecule has 0 radical (unpaired) electrons. The highest BCUT2D eigenvalue weighted by Crippen LogP contribution is 2.37. The molecule has 2 heterocycles. The van der Waals surface area contributed by atoms with Gasteiger partial charge in [-0.3, -0.25) is 9.59 Å². The maximum Gasteiger partial charge on any atom is 0.261 e. The van der Waals surface area contributed by atoms with E-state index >= 15 is 0 Å². The molecule has 0 aliphatic rings. The van der Waals surface area contributed by atoms with Crippen molar-refractivity contribution in [2.75, 3.05) is 0 Å². The van der Waals surface area contributed by atoms with E-state index in [9.17, 15) is 14.7 Å². The highest BCUT2D eigenvalue weighted by atomic mass is 32.1. The number of carbonyl (C=O) groups excluding carboxylic acids is 2. The SMILES string of the molecule is NC(=O)c1cc2c(-c3ccc(C(=O)NCc4ccccc4O)s3)cccc2s1. The summed E-state index contributed by atoms with van der Waals surface area (Å²) in [6.07, 6.45) is 0. The van der Waals surface area contributed by atoms with E-state index in [2.05, 4.69) is 5.32 Å². The molecule has 0 atom stereocenters. The van der Waals surface area contributed by atoms with Crippen molar-refractivity contribution >= 4 is 44.6 Å². The predicted octanol–water partition coefficient (Wildman–Crippen LogP) is 4.36. The summed E-state index contributed by atoms with van der Waals surface area (Å²) in [6, 6.07) is 18.2. The van der Waals surface area contributed by atoms with Crippen molar-refractivity contribution in [1.29, 1.82) is 0 Å². The number of amides is 2. The van der Waals surface area contributed by atoms with Crippen molar-refractivity contribution in [2.45, 2.75) is 6.54 Å². The van der Waals surface area contributed by atoms with E-state index in [1.807, 2.05) is 30.3 Å². The second-order valence-electron chi connectivity index (χ2n) is 6.17. The third-order valence-corrected chi connectivity index (χ3v) is 6.56. The largest absolute Gasteiger partial charge is 0.508 e. The number of aromatic hydroxyl groups is 1. The average molecular weight is 409 g/mol. The van der Waals surface area contributed by atoms with Gasteiger partial charge in [-0.1, -0.05) is 30.3 Å². The Kier molecular flexibility index (Phi) is 4.85. The van der Waals surface area contributed by atoms with E-state index in [0.29, 0.717) is 15.3 Å². The molecule has 0 saturated carbocycles. The first kappa shape index (κ1) is 18.2. The van der Waals surface area contributed by atoms with Crippen LogP contribution in [0, 0.1) is 0 Å². The third-order valence-electron chi connectivity index (χ3n) is 4.33. The minimum absolute atomic E-state index is 0.157. The van der Waals surface area contributed by atoms with Gasteiger partial charge in [0.1, 0.15) is 5.75 Å². The number of nitrogens with one attached hydrogen (secondary N) is 1. The number of fused-ring (bicyclic) bond motifs is 1. The van der Waals surface area contributed by atoms with Gasteiger partial charge >= 0.3 is 0 Å². The maximum atomic E-state index is 12.5. The first-order valence-electron chi connectivity index (χ1n) is 8.50. The molecule has 0 saturated heterocycles. The minimum Gasteiger partial charge on any atom is -0.508 e. The van der Waals surface area contributed by atoms with Gasteiger partial charge in [-0.25, -0.2) is 0 Å². The fraction of sp³-hybridized carbons (Fsp3) is 0.0476. The summed E-state index contributed by atoms with van der Waals surface area (Å²) in [5.74, 6) is -0.485. The summed E-state index contributed by atoms with van der Waals surface area (Å²) in [4.78, 5) is 26.0. The molecule has 2 aromatic carbocycles. The van der Waals surface area contributed by atoms with Crippen molar-refractivity contribution < 1.29 is 14.7 Å². The van der Waals surface area contributed by atoms with Crippen LogP contribution in [0.15, 0.2) is 60.7 Å². The molecular weight excluding hydrogens is 392 g/mol. The number of benzene rings is 2. The quantitative estimate of drug-likeness (QED) is 0.458. The van der Waals surface area contributed by atoms with Gasteiger partial charge in [-0.05, 0) is 30.3 Å². The van der Waals surface area contributed by atoms with Crippen LogP contribution >= 0.6 is 22.7 Å². The number of primary amides is 1. The Morgan fingerprint density at radius 2 is 1.79 bits per heavy atom. The van der Waals surface area contributed by atoms with Gasteiger partial charge in [0.2, 0.25) is 0 Å². The lowest BCUT2D eigenvalue weighted by molar-refractivity contribution is 0.0953. The van der Waals surface area contributed by atoms with Crippen LogP contribution in [0.2, 0.25) is 0 Å². The number of carbonyl (C=O) groups is 2. The van der Waals surface area contributed by atoms with Gasteiger partial charge < -0.3 is 16.2 Å². The van der Waals surface area contributed by atoms with Crippen molar-refractivity contribution in [3.8, 4) is 16.2 Å². The molecule has 28 heavy (non-hydrogen) atoms. The number of para-hydroxylation sites is 1. The number of phenols is 1. The number of hydrogen-bond acceptors (Lipinski definition) is 5. The maximum absolute atomic E-state index is 12.5. The molecule has 4 aromatic rings. The van der Waals surface area contributed by atoms with Gasteiger partial charge in [0.15, 0.2) is 0 Å². The van der Waals surface area contributed by atoms with Gasteiger partial charge in [0.05, 0.1) is 9.75 Å². The fourth-order valence-corrected chi connectivity index (χ4v) is 4.83. The van der Waals surface area contributed by atoms with Crippen molar-refractivity contribution in [3.63, 3.8) is 0 Å². The Labute approximate surface area is 169 Å². The lowest BCUT2D eigenvalue weighted by Crippen LogP contribution is -2.21. The molecule has 0 bridgehead atoms. The molecule has 0 aliphatic heterocycles. The van der Waals surface area contributed by atoms with Crippen LogP contribution in [0.25, 0.3) is 20.5 Å². The zero-order chi connectivity index (χ0) is 19.7. The number of rotatable bonds is 5. The molecule has 0 spiro atoms. The topological polar surface area (TPSA) is 92.4 Å². The van der Waals surface area contributed by atoms with Crippen molar-refractivity contribution in [3.05, 3.63) is 76.0 Å². The van der Waals surface area contributed by atoms with Crippen LogP contribution in [0.5, 0.6) is 5.75 Å². The fourth-order valence-electron chi connectivity index (χ4n) is 2.92. The first-order valence-corrected chi connectivity index (χ1v) is 10.1. The summed E-state index contributed by atoms with van der Waals surface area (Å²) >= 11 is 2.74. The van der Waals surface area contributed by atoms with Crippen molar-refractivity contribution in [2.24, 2.45) is 5.73 Å². The molecule has 2 aromatic heterocycles. The predicted molar refractivity (Wildman–Crippen MR) is 113 cm³/mol.